The van der Waals surface area contributed by atoms with E-state index in [1.165, 1.54) is 38.1 Å². The highest BCUT2D eigenvalue weighted by atomic mass is 32.2. The average molecular weight is 314 g/mol. The third-order valence-electron chi connectivity index (χ3n) is 2.72. The number of hydrogen-bond donors (Lipinski definition) is 3. The van der Waals surface area contributed by atoms with Gasteiger partial charge in [-0.05, 0) is 38.1 Å². The van der Waals surface area contributed by atoms with Gasteiger partial charge in [-0.3, -0.25) is 14.3 Å². The van der Waals surface area contributed by atoms with E-state index in [0.717, 1.165) is 6.26 Å². The van der Waals surface area contributed by atoms with E-state index in [4.69, 9.17) is 5.11 Å². The summed E-state index contributed by atoms with van der Waals surface area (Å²) in [5, 5.41) is 11.5. The molecular weight excluding hydrogens is 296 g/mol. The third kappa shape index (κ3) is 5.42. The first-order valence-electron chi connectivity index (χ1n) is 6.11. The molecule has 1 rings (SSSR count). The highest BCUT2D eigenvalue weighted by Gasteiger charge is 2.27. The minimum atomic E-state index is -3.37. The summed E-state index contributed by atoms with van der Waals surface area (Å²) < 4.78 is 24.4. The second-order valence-corrected chi connectivity index (χ2v) is 7.07. The van der Waals surface area contributed by atoms with Gasteiger partial charge in [-0.1, -0.05) is 0 Å². The summed E-state index contributed by atoms with van der Waals surface area (Å²) in [6.45, 7) is 3.01. The second kappa shape index (κ2) is 6.13. The minimum Gasteiger partial charge on any atom is -0.481 e. The number of rotatable bonds is 6. The number of amides is 1. The molecule has 21 heavy (non-hydrogen) atoms. The van der Waals surface area contributed by atoms with Crippen molar-refractivity contribution >= 4 is 27.6 Å². The van der Waals surface area contributed by atoms with Crippen molar-refractivity contribution in [2.75, 3.05) is 17.5 Å². The van der Waals surface area contributed by atoms with Gasteiger partial charge in [0.15, 0.2) is 0 Å². The number of nitrogens with one attached hydrogen (secondary N) is 2. The Morgan fingerprint density at radius 2 is 1.71 bits per heavy atom. The molecule has 0 bridgehead atoms. The van der Waals surface area contributed by atoms with Crippen LogP contribution in [-0.4, -0.2) is 38.2 Å². The van der Waals surface area contributed by atoms with Crippen molar-refractivity contribution in [1.29, 1.82) is 0 Å². The van der Waals surface area contributed by atoms with Crippen molar-refractivity contribution in [2.45, 2.75) is 13.8 Å². The van der Waals surface area contributed by atoms with Crippen LogP contribution < -0.4 is 10.0 Å². The number of benzene rings is 1. The van der Waals surface area contributed by atoms with E-state index < -0.39 is 27.3 Å². The molecule has 0 aliphatic heterocycles. The number of aliphatic carboxylic acids is 1. The molecule has 116 valence electrons. The molecule has 0 saturated carbocycles. The second-order valence-electron chi connectivity index (χ2n) is 5.32. The van der Waals surface area contributed by atoms with E-state index in [9.17, 15) is 18.0 Å². The lowest BCUT2D eigenvalue weighted by Crippen LogP contribution is -2.38. The van der Waals surface area contributed by atoms with Crippen molar-refractivity contribution in [3.05, 3.63) is 29.8 Å². The quantitative estimate of drug-likeness (QED) is 0.722. The lowest BCUT2D eigenvalue weighted by Gasteiger charge is -2.19. The van der Waals surface area contributed by atoms with Crippen molar-refractivity contribution in [2.24, 2.45) is 5.41 Å². The maximum Gasteiger partial charge on any atom is 0.310 e. The monoisotopic (exact) mass is 314 g/mol. The zero-order valence-corrected chi connectivity index (χ0v) is 12.8. The van der Waals surface area contributed by atoms with Crippen molar-refractivity contribution < 1.29 is 23.1 Å². The van der Waals surface area contributed by atoms with Crippen LogP contribution in [0.4, 0.5) is 5.69 Å². The summed E-state index contributed by atoms with van der Waals surface area (Å²) in [5.41, 5.74) is -0.400. The summed E-state index contributed by atoms with van der Waals surface area (Å²) in [5.74, 6) is -1.43. The van der Waals surface area contributed by atoms with Gasteiger partial charge in [0.25, 0.3) is 5.91 Å². The number of carbonyl (C=O) groups excluding carboxylic acids is 1. The molecule has 0 atom stereocenters. The number of sulfonamides is 1. The fourth-order valence-electron chi connectivity index (χ4n) is 1.38. The van der Waals surface area contributed by atoms with Crippen LogP contribution in [0, 0.1) is 5.41 Å². The van der Waals surface area contributed by atoms with Crippen molar-refractivity contribution in [1.82, 2.24) is 5.32 Å². The van der Waals surface area contributed by atoms with E-state index in [2.05, 4.69) is 10.0 Å². The Morgan fingerprint density at radius 3 is 2.14 bits per heavy atom. The van der Waals surface area contributed by atoms with Crippen LogP contribution in [0.2, 0.25) is 0 Å². The van der Waals surface area contributed by atoms with Gasteiger partial charge in [0.05, 0.1) is 11.7 Å². The zero-order valence-electron chi connectivity index (χ0n) is 12.0. The van der Waals surface area contributed by atoms with Crippen LogP contribution >= 0.6 is 0 Å². The lowest BCUT2D eigenvalue weighted by molar-refractivity contribution is -0.146. The molecule has 7 nitrogen and oxygen atoms in total. The van der Waals surface area contributed by atoms with E-state index in [0.29, 0.717) is 11.3 Å². The molecule has 0 unspecified atom stereocenters. The maximum absolute atomic E-state index is 11.9. The van der Waals surface area contributed by atoms with E-state index in [-0.39, 0.29) is 6.54 Å². The topological polar surface area (TPSA) is 113 Å². The molecule has 0 heterocycles. The van der Waals surface area contributed by atoms with Gasteiger partial charge in [-0.15, -0.1) is 0 Å². The molecule has 0 fully saturated rings. The van der Waals surface area contributed by atoms with Crippen LogP contribution in [-0.2, 0) is 14.8 Å². The standard InChI is InChI=1S/C13H18N2O5S/c1-13(2,12(17)18)8-14-11(16)9-4-6-10(7-5-9)15-21(3,19)20/h4-7,15H,8H2,1-3H3,(H,14,16)(H,17,18). The Hall–Kier alpha value is -2.09. The summed E-state index contributed by atoms with van der Waals surface area (Å²) >= 11 is 0. The summed E-state index contributed by atoms with van der Waals surface area (Å²) in [4.78, 5) is 22.8. The predicted molar refractivity (Wildman–Crippen MR) is 78.7 cm³/mol. The maximum atomic E-state index is 11.9. The first-order chi connectivity index (χ1) is 9.51. The first kappa shape index (κ1) is 17.0. The molecule has 0 saturated heterocycles. The number of carboxylic acid groups (broad SMARTS) is 1. The van der Waals surface area contributed by atoms with Gasteiger partial charge in [0.1, 0.15) is 0 Å². The summed E-state index contributed by atoms with van der Waals surface area (Å²) in [7, 11) is -3.37. The molecule has 3 N–H and O–H groups in total. The molecule has 1 aromatic rings. The van der Waals surface area contributed by atoms with E-state index in [1.807, 2.05) is 0 Å². The summed E-state index contributed by atoms with van der Waals surface area (Å²) in [6, 6.07) is 5.82. The van der Waals surface area contributed by atoms with Crippen molar-refractivity contribution in [3.8, 4) is 0 Å². The number of hydrogen-bond acceptors (Lipinski definition) is 4. The predicted octanol–water partition coefficient (Wildman–Crippen LogP) is 0.899. The Morgan fingerprint density at radius 1 is 1.19 bits per heavy atom. The molecular formula is C13H18N2O5S. The fourth-order valence-corrected chi connectivity index (χ4v) is 1.95. The van der Waals surface area contributed by atoms with Gasteiger partial charge in [-0.2, -0.15) is 0 Å². The van der Waals surface area contributed by atoms with Gasteiger partial charge in [0.2, 0.25) is 10.0 Å². The highest BCUT2D eigenvalue weighted by Crippen LogP contribution is 2.14. The number of carboxylic acids is 1. The van der Waals surface area contributed by atoms with Crippen molar-refractivity contribution in [3.63, 3.8) is 0 Å². The Balaban J connectivity index is 2.70. The van der Waals surface area contributed by atoms with E-state index >= 15 is 0 Å². The van der Waals surface area contributed by atoms with E-state index in [1.54, 1.807) is 0 Å². The van der Waals surface area contributed by atoms with Crippen LogP contribution in [0.15, 0.2) is 24.3 Å². The number of anilines is 1. The molecule has 0 aliphatic carbocycles. The fraction of sp³-hybridized carbons (Fsp3) is 0.385. The average Bonchev–Trinajstić information content (AvgIpc) is 2.35. The molecule has 1 aromatic carbocycles. The van der Waals surface area contributed by atoms with Crippen LogP contribution in [0.25, 0.3) is 0 Å². The van der Waals surface area contributed by atoms with Gasteiger partial charge >= 0.3 is 5.97 Å². The smallest absolute Gasteiger partial charge is 0.310 e. The Kier molecular flexibility index (Phi) is 4.95. The van der Waals surface area contributed by atoms with Crippen LogP contribution in [0.3, 0.4) is 0 Å². The molecule has 0 aromatic heterocycles. The zero-order chi connectivity index (χ0) is 16.3. The normalized spacial score (nSPS) is 11.8. The molecule has 1 amide bonds. The Bertz CT molecular complexity index is 635. The SMILES string of the molecule is CC(C)(CNC(=O)c1ccc(NS(C)(=O)=O)cc1)C(=O)O. The molecule has 8 heteroatoms. The largest absolute Gasteiger partial charge is 0.481 e. The van der Waals surface area contributed by atoms with Gasteiger partial charge in [-0.25, -0.2) is 8.42 Å². The third-order valence-corrected chi connectivity index (χ3v) is 3.33. The number of carbonyl (C=O) groups is 2. The highest BCUT2D eigenvalue weighted by molar-refractivity contribution is 7.92. The van der Waals surface area contributed by atoms with Gasteiger partial charge < -0.3 is 10.4 Å². The van der Waals surface area contributed by atoms with Crippen LogP contribution in [0.1, 0.15) is 24.2 Å². The Labute approximate surface area is 123 Å². The molecule has 0 spiro atoms. The summed E-state index contributed by atoms with van der Waals surface area (Å²) in [6.07, 6.45) is 1.03. The van der Waals surface area contributed by atoms with Crippen LogP contribution in [0.5, 0.6) is 0 Å². The first-order valence-corrected chi connectivity index (χ1v) is 8.00. The lowest BCUT2D eigenvalue weighted by atomic mass is 9.94. The molecule has 0 aliphatic rings. The molecule has 0 radical (unpaired) electrons. The minimum absolute atomic E-state index is 0.00942. The van der Waals surface area contributed by atoms with Gasteiger partial charge in [0, 0.05) is 17.8 Å².